The summed E-state index contributed by atoms with van der Waals surface area (Å²) in [5.74, 6) is -0.397. The third-order valence-electron chi connectivity index (χ3n) is 4.55. The predicted molar refractivity (Wildman–Crippen MR) is 116 cm³/mol. The molecule has 0 saturated carbocycles. The molecule has 0 bridgehead atoms. The average molecular weight is 422 g/mol. The molecule has 0 aliphatic heterocycles. The van der Waals surface area contributed by atoms with Gasteiger partial charge in [-0.15, -0.1) is 0 Å². The Morgan fingerprint density at radius 1 is 1.23 bits per heavy atom. The molecule has 0 fully saturated rings. The summed E-state index contributed by atoms with van der Waals surface area (Å²) in [5, 5.41) is 4.50. The van der Waals surface area contributed by atoms with Crippen LogP contribution in [0.5, 0.6) is 0 Å². The van der Waals surface area contributed by atoms with Crippen molar-refractivity contribution in [2.45, 2.75) is 19.1 Å². The number of para-hydroxylation sites is 2. The fraction of sp³-hybridized carbons (Fsp3) is 0.136. The lowest BCUT2D eigenvalue weighted by molar-refractivity contribution is -0.118. The number of aryl methyl sites for hydroxylation is 1. The lowest BCUT2D eigenvalue weighted by Gasteiger charge is -2.09. The minimum atomic E-state index is -0.276. The van der Waals surface area contributed by atoms with Crippen molar-refractivity contribution < 1.29 is 13.6 Å². The first-order valence-electron chi connectivity index (χ1n) is 9.26. The van der Waals surface area contributed by atoms with Gasteiger partial charge in [-0.3, -0.25) is 4.79 Å². The number of aromatic nitrogens is 2. The van der Waals surface area contributed by atoms with Gasteiger partial charge in [0.2, 0.25) is 0 Å². The van der Waals surface area contributed by atoms with Gasteiger partial charge in [0.1, 0.15) is 11.3 Å². The summed E-state index contributed by atoms with van der Waals surface area (Å²) in [6, 6.07) is 15.7. The lowest BCUT2D eigenvalue weighted by Crippen LogP contribution is -2.19. The first kappa shape index (κ1) is 19.9. The minimum Gasteiger partial charge on any atom is -0.431 e. The maximum atomic E-state index is 13.2. The first-order valence-corrected chi connectivity index (χ1v) is 10.2. The normalized spacial score (nSPS) is 11.4. The van der Waals surface area contributed by atoms with E-state index in [2.05, 4.69) is 15.5 Å². The monoisotopic (exact) mass is 422 g/mol. The van der Waals surface area contributed by atoms with E-state index in [9.17, 15) is 9.18 Å². The number of nitrogens with zero attached hydrogens (tertiary/aromatic N) is 3. The molecule has 1 amide bonds. The van der Waals surface area contributed by atoms with Crippen LogP contribution < -0.4 is 5.43 Å². The number of carbonyl (C=O) groups excluding carboxylic acids is 1. The number of halogens is 1. The van der Waals surface area contributed by atoms with Crippen LogP contribution in [0.2, 0.25) is 0 Å². The van der Waals surface area contributed by atoms with Crippen molar-refractivity contribution in [1.29, 1.82) is 0 Å². The number of hydrazone groups is 1. The molecule has 6 nitrogen and oxygen atoms in total. The highest BCUT2D eigenvalue weighted by molar-refractivity contribution is 7.99. The summed E-state index contributed by atoms with van der Waals surface area (Å²) in [6.07, 6.45) is 1.60. The third-order valence-corrected chi connectivity index (χ3v) is 5.38. The Morgan fingerprint density at radius 3 is 2.77 bits per heavy atom. The summed E-state index contributed by atoms with van der Waals surface area (Å²) >= 11 is 1.21. The number of carbonyl (C=O) groups is 1. The zero-order valence-electron chi connectivity index (χ0n) is 16.4. The highest BCUT2D eigenvalue weighted by atomic mass is 32.2. The van der Waals surface area contributed by atoms with Gasteiger partial charge in [0.05, 0.1) is 12.0 Å². The largest absolute Gasteiger partial charge is 0.431 e. The zero-order chi connectivity index (χ0) is 21.1. The van der Waals surface area contributed by atoms with Gasteiger partial charge in [-0.05, 0) is 56.3 Å². The molecule has 152 valence electrons. The minimum absolute atomic E-state index is 0.138. The van der Waals surface area contributed by atoms with Crippen molar-refractivity contribution in [2.24, 2.45) is 5.10 Å². The lowest BCUT2D eigenvalue weighted by atomic mass is 10.2. The molecular formula is C22H19FN4O2S. The van der Waals surface area contributed by atoms with E-state index in [0.29, 0.717) is 10.8 Å². The summed E-state index contributed by atoms with van der Waals surface area (Å²) in [4.78, 5) is 16.4. The summed E-state index contributed by atoms with van der Waals surface area (Å²) in [7, 11) is 0. The number of hydrogen-bond donors (Lipinski definition) is 1. The zero-order valence-corrected chi connectivity index (χ0v) is 17.2. The van der Waals surface area contributed by atoms with E-state index < -0.39 is 0 Å². The highest BCUT2D eigenvalue weighted by Crippen LogP contribution is 2.23. The van der Waals surface area contributed by atoms with E-state index in [1.54, 1.807) is 18.3 Å². The molecule has 30 heavy (non-hydrogen) atoms. The van der Waals surface area contributed by atoms with E-state index in [1.807, 2.05) is 48.7 Å². The number of amides is 1. The quantitative estimate of drug-likeness (QED) is 0.280. The Kier molecular flexibility index (Phi) is 5.67. The topological polar surface area (TPSA) is 72.4 Å². The second-order valence-electron chi connectivity index (χ2n) is 6.67. The summed E-state index contributed by atoms with van der Waals surface area (Å²) in [6.45, 7) is 3.91. The summed E-state index contributed by atoms with van der Waals surface area (Å²) in [5.41, 5.74) is 7.63. The van der Waals surface area contributed by atoms with Gasteiger partial charge in [-0.2, -0.15) is 5.10 Å². The molecule has 0 saturated heterocycles. The molecule has 0 atom stereocenters. The Morgan fingerprint density at radius 2 is 2.00 bits per heavy atom. The van der Waals surface area contributed by atoms with Gasteiger partial charge < -0.3 is 8.98 Å². The van der Waals surface area contributed by atoms with Gasteiger partial charge in [-0.25, -0.2) is 14.8 Å². The Labute approximate surface area is 176 Å². The van der Waals surface area contributed by atoms with Crippen LogP contribution in [0.3, 0.4) is 0 Å². The molecule has 2 aromatic heterocycles. The van der Waals surface area contributed by atoms with Crippen LogP contribution in [0.4, 0.5) is 4.39 Å². The number of benzene rings is 2. The first-order chi connectivity index (χ1) is 14.5. The van der Waals surface area contributed by atoms with Gasteiger partial charge in [-0.1, -0.05) is 23.9 Å². The Bertz CT molecular complexity index is 1190. The van der Waals surface area contributed by atoms with Crippen molar-refractivity contribution in [3.63, 3.8) is 0 Å². The molecule has 8 heteroatoms. The average Bonchev–Trinajstić information content (AvgIpc) is 3.27. The van der Waals surface area contributed by atoms with E-state index in [0.717, 1.165) is 28.2 Å². The number of fused-ring (bicyclic) bond motifs is 1. The van der Waals surface area contributed by atoms with E-state index in [4.69, 9.17) is 4.42 Å². The molecule has 1 N–H and O–H groups in total. The maximum absolute atomic E-state index is 13.2. The molecule has 4 aromatic rings. The SMILES string of the molecule is Cc1cc(C=NNC(=O)CSc2nc3ccccc3o2)c(C)n1-c1ccc(F)cc1. The fourth-order valence-corrected chi connectivity index (χ4v) is 3.78. The molecule has 2 aromatic carbocycles. The van der Waals surface area contributed by atoms with Gasteiger partial charge in [0.15, 0.2) is 5.58 Å². The number of rotatable bonds is 6. The Balaban J connectivity index is 1.37. The van der Waals surface area contributed by atoms with E-state index in [-0.39, 0.29) is 17.5 Å². The van der Waals surface area contributed by atoms with Crippen LogP contribution in [-0.2, 0) is 4.79 Å². The van der Waals surface area contributed by atoms with Crippen molar-refractivity contribution in [1.82, 2.24) is 15.0 Å². The molecule has 0 aliphatic rings. The summed E-state index contributed by atoms with van der Waals surface area (Å²) < 4.78 is 20.8. The van der Waals surface area contributed by atoms with Crippen LogP contribution in [0, 0.1) is 19.7 Å². The van der Waals surface area contributed by atoms with Gasteiger partial charge >= 0.3 is 0 Å². The van der Waals surface area contributed by atoms with Crippen molar-refractivity contribution in [2.75, 3.05) is 5.75 Å². The second-order valence-corrected chi connectivity index (χ2v) is 7.59. The highest BCUT2D eigenvalue weighted by Gasteiger charge is 2.11. The molecule has 0 spiro atoms. The van der Waals surface area contributed by atoms with Crippen LogP contribution in [0.25, 0.3) is 16.8 Å². The second kappa shape index (κ2) is 8.54. The van der Waals surface area contributed by atoms with Crippen LogP contribution in [-0.4, -0.2) is 27.4 Å². The van der Waals surface area contributed by atoms with Crippen molar-refractivity contribution in [3.05, 3.63) is 77.4 Å². The maximum Gasteiger partial charge on any atom is 0.257 e. The number of hydrogen-bond acceptors (Lipinski definition) is 5. The van der Waals surface area contributed by atoms with Gasteiger partial charge in [0, 0.05) is 22.6 Å². The fourth-order valence-electron chi connectivity index (χ4n) is 3.15. The van der Waals surface area contributed by atoms with Crippen LogP contribution in [0.1, 0.15) is 17.0 Å². The van der Waals surface area contributed by atoms with E-state index >= 15 is 0 Å². The van der Waals surface area contributed by atoms with Crippen LogP contribution >= 0.6 is 11.8 Å². The predicted octanol–water partition coefficient (Wildman–Crippen LogP) is 4.62. The molecule has 0 radical (unpaired) electrons. The van der Waals surface area contributed by atoms with E-state index in [1.165, 1.54) is 23.9 Å². The standard InChI is InChI=1S/C22H19FN4O2S/c1-14-11-16(15(2)27(14)18-9-7-17(23)8-10-18)12-24-26-21(28)13-30-22-25-19-5-3-4-6-20(19)29-22/h3-12H,13H2,1-2H3,(H,26,28). The Hall–Kier alpha value is -3.39. The van der Waals surface area contributed by atoms with Gasteiger partial charge in [0.25, 0.3) is 11.1 Å². The number of thioether (sulfide) groups is 1. The molecular weight excluding hydrogens is 403 g/mol. The molecule has 0 unspecified atom stereocenters. The molecule has 0 aliphatic carbocycles. The number of nitrogens with one attached hydrogen (secondary N) is 1. The molecule has 2 heterocycles. The number of oxazole rings is 1. The smallest absolute Gasteiger partial charge is 0.257 e. The third kappa shape index (κ3) is 4.28. The van der Waals surface area contributed by atoms with Crippen molar-refractivity contribution in [3.8, 4) is 5.69 Å². The van der Waals surface area contributed by atoms with Crippen LogP contribution in [0.15, 0.2) is 69.3 Å². The van der Waals surface area contributed by atoms with Crippen molar-refractivity contribution >= 4 is 35.0 Å². The molecule has 4 rings (SSSR count).